The van der Waals surface area contributed by atoms with Crippen molar-refractivity contribution in [3.63, 3.8) is 0 Å². The van der Waals surface area contributed by atoms with E-state index < -0.39 is 23.4 Å². The summed E-state index contributed by atoms with van der Waals surface area (Å²) in [6.07, 6.45) is 0. The van der Waals surface area contributed by atoms with Crippen LogP contribution in [-0.2, 0) is 11.3 Å². The topological polar surface area (TPSA) is 76.7 Å². The Morgan fingerprint density at radius 1 is 1.03 bits per heavy atom. The van der Waals surface area contributed by atoms with Crippen molar-refractivity contribution >= 4 is 29.1 Å². The second-order valence-electron chi connectivity index (χ2n) is 7.73. The molecule has 6 nitrogen and oxygen atoms in total. The van der Waals surface area contributed by atoms with Crippen molar-refractivity contribution in [1.82, 2.24) is 5.32 Å². The summed E-state index contributed by atoms with van der Waals surface area (Å²) in [5.74, 6) is -2.34. The van der Waals surface area contributed by atoms with Crippen LogP contribution in [0, 0.1) is 11.6 Å². The Labute approximate surface area is 199 Å². The van der Waals surface area contributed by atoms with E-state index in [0.717, 1.165) is 17.7 Å². The molecule has 0 spiro atoms. The second-order valence-corrected chi connectivity index (χ2v) is 8.14. The van der Waals surface area contributed by atoms with E-state index in [1.165, 1.54) is 19.2 Å². The molecule has 4 rings (SSSR count). The average Bonchev–Trinajstić information content (AvgIpc) is 2.78. The lowest BCUT2D eigenvalue weighted by Crippen LogP contribution is -2.25. The Kier molecular flexibility index (Phi) is 7.09. The molecule has 0 unspecified atom stereocenters. The number of rotatable bonds is 7. The predicted molar refractivity (Wildman–Crippen MR) is 123 cm³/mol. The number of hydrogen-bond acceptors (Lipinski definition) is 4. The monoisotopic (exact) mass is 486 g/mol. The Morgan fingerprint density at radius 2 is 1.79 bits per heavy atom. The Bertz CT molecular complexity index is 1250. The van der Waals surface area contributed by atoms with Crippen LogP contribution in [-0.4, -0.2) is 32.1 Å². The zero-order valence-corrected chi connectivity index (χ0v) is 18.9. The average molecular weight is 487 g/mol. The maximum absolute atomic E-state index is 14.5. The highest BCUT2D eigenvalue weighted by Gasteiger charge is 2.23. The van der Waals surface area contributed by atoms with E-state index in [2.05, 4.69) is 10.6 Å². The summed E-state index contributed by atoms with van der Waals surface area (Å²) in [6.45, 7) is 1.13. The number of anilines is 1. The molecule has 34 heavy (non-hydrogen) atoms. The summed E-state index contributed by atoms with van der Waals surface area (Å²) in [5, 5.41) is 4.82. The van der Waals surface area contributed by atoms with Crippen LogP contribution in [0.2, 0.25) is 5.02 Å². The number of hydrogen-bond donors (Lipinski definition) is 2. The van der Waals surface area contributed by atoms with Crippen LogP contribution < -0.4 is 15.4 Å². The molecule has 0 aromatic heterocycles. The first-order valence-corrected chi connectivity index (χ1v) is 10.8. The van der Waals surface area contributed by atoms with Gasteiger partial charge >= 0.3 is 0 Å². The molecule has 3 aromatic carbocycles. The molecule has 0 aliphatic carbocycles. The standard InChI is InChI=1S/C25H21ClF2N2O4/c1-33-23-5-3-2-4-15(23)11-29-24(31)18-9-17(19(26)10-20(18)27)25(32)30-22-7-6-14(8-21(22)28)16-12-34-13-16/h2-10,16H,11-13H2,1H3,(H,29,31)(H,30,32). The minimum Gasteiger partial charge on any atom is -0.496 e. The highest BCUT2D eigenvalue weighted by atomic mass is 35.5. The molecule has 2 amide bonds. The fourth-order valence-electron chi connectivity index (χ4n) is 3.52. The number of methoxy groups -OCH3 is 1. The first kappa shape index (κ1) is 23.7. The molecule has 0 bridgehead atoms. The lowest BCUT2D eigenvalue weighted by Gasteiger charge is -2.26. The third-order valence-electron chi connectivity index (χ3n) is 5.53. The summed E-state index contributed by atoms with van der Waals surface area (Å²) in [4.78, 5) is 25.4. The van der Waals surface area contributed by atoms with Crippen molar-refractivity contribution in [3.8, 4) is 5.75 Å². The van der Waals surface area contributed by atoms with Gasteiger partial charge < -0.3 is 20.1 Å². The minimum absolute atomic E-state index is 0.0587. The van der Waals surface area contributed by atoms with Crippen LogP contribution in [0.1, 0.15) is 37.8 Å². The molecule has 1 heterocycles. The molecule has 3 aromatic rings. The number of carbonyl (C=O) groups is 2. The van der Waals surface area contributed by atoms with Gasteiger partial charge in [0.2, 0.25) is 0 Å². The van der Waals surface area contributed by atoms with Crippen molar-refractivity contribution in [1.29, 1.82) is 0 Å². The van der Waals surface area contributed by atoms with Gasteiger partial charge in [0, 0.05) is 18.0 Å². The molecule has 1 fully saturated rings. The quantitative estimate of drug-likeness (QED) is 0.497. The van der Waals surface area contributed by atoms with E-state index in [0.29, 0.717) is 24.5 Å². The summed E-state index contributed by atoms with van der Waals surface area (Å²) < 4.78 is 39.4. The van der Waals surface area contributed by atoms with Crippen molar-refractivity contribution in [2.45, 2.75) is 12.5 Å². The molecule has 176 valence electrons. The second kappa shape index (κ2) is 10.2. The van der Waals surface area contributed by atoms with Crippen LogP contribution in [0.25, 0.3) is 0 Å². The normalized spacial score (nSPS) is 13.2. The largest absolute Gasteiger partial charge is 0.496 e. The van der Waals surface area contributed by atoms with Gasteiger partial charge in [0.05, 0.1) is 42.2 Å². The van der Waals surface area contributed by atoms with Gasteiger partial charge in [-0.3, -0.25) is 9.59 Å². The van der Waals surface area contributed by atoms with Crippen LogP contribution in [0.4, 0.5) is 14.5 Å². The van der Waals surface area contributed by atoms with E-state index in [4.69, 9.17) is 21.1 Å². The molecule has 0 saturated carbocycles. The van der Waals surface area contributed by atoms with Gasteiger partial charge in [0.1, 0.15) is 17.4 Å². The van der Waals surface area contributed by atoms with Gasteiger partial charge in [0.15, 0.2) is 0 Å². The lowest BCUT2D eigenvalue weighted by molar-refractivity contribution is 0.00833. The molecule has 0 atom stereocenters. The molecule has 1 aliphatic heterocycles. The number of para-hydroxylation sites is 1. The summed E-state index contributed by atoms with van der Waals surface area (Å²) in [5.41, 5.74) is 0.872. The maximum Gasteiger partial charge on any atom is 0.257 e. The Morgan fingerprint density at radius 3 is 2.47 bits per heavy atom. The molecule has 9 heteroatoms. The van der Waals surface area contributed by atoms with E-state index >= 15 is 0 Å². The van der Waals surface area contributed by atoms with Crippen LogP contribution in [0.3, 0.4) is 0 Å². The number of amides is 2. The zero-order chi connectivity index (χ0) is 24.2. The van der Waals surface area contributed by atoms with Crippen molar-refractivity contribution in [2.24, 2.45) is 0 Å². The van der Waals surface area contributed by atoms with E-state index in [1.54, 1.807) is 30.3 Å². The third-order valence-corrected chi connectivity index (χ3v) is 5.84. The van der Waals surface area contributed by atoms with Crippen molar-refractivity contribution < 1.29 is 27.8 Å². The van der Waals surface area contributed by atoms with Gasteiger partial charge in [-0.1, -0.05) is 35.9 Å². The molecule has 0 radical (unpaired) electrons. The number of nitrogens with one attached hydrogen (secondary N) is 2. The highest BCUT2D eigenvalue weighted by Crippen LogP contribution is 2.28. The SMILES string of the molecule is COc1ccccc1CNC(=O)c1cc(C(=O)Nc2ccc(C3COC3)cc2F)c(Cl)cc1F. The minimum atomic E-state index is -0.891. The number of carbonyl (C=O) groups excluding carboxylic acids is 2. The van der Waals surface area contributed by atoms with Crippen LogP contribution >= 0.6 is 11.6 Å². The first-order valence-electron chi connectivity index (χ1n) is 10.4. The predicted octanol–water partition coefficient (Wildman–Crippen LogP) is 4.92. The van der Waals surface area contributed by atoms with Gasteiger partial charge in [-0.2, -0.15) is 0 Å². The number of halogens is 3. The van der Waals surface area contributed by atoms with Crippen molar-refractivity contribution in [3.05, 3.63) is 93.5 Å². The first-order chi connectivity index (χ1) is 16.4. The van der Waals surface area contributed by atoms with Crippen LogP contribution in [0.15, 0.2) is 54.6 Å². The van der Waals surface area contributed by atoms with Crippen LogP contribution in [0.5, 0.6) is 5.75 Å². The smallest absolute Gasteiger partial charge is 0.257 e. The number of benzene rings is 3. The molecular weight excluding hydrogens is 466 g/mol. The highest BCUT2D eigenvalue weighted by molar-refractivity contribution is 6.34. The van der Waals surface area contributed by atoms with E-state index in [1.807, 2.05) is 0 Å². The molecule has 1 saturated heterocycles. The fourth-order valence-corrected chi connectivity index (χ4v) is 3.76. The summed E-state index contributed by atoms with van der Waals surface area (Å²) in [7, 11) is 1.50. The van der Waals surface area contributed by atoms with E-state index in [-0.39, 0.29) is 34.3 Å². The molecule has 1 aliphatic rings. The Balaban J connectivity index is 1.50. The lowest BCUT2D eigenvalue weighted by atomic mass is 9.97. The third kappa shape index (κ3) is 5.03. The summed E-state index contributed by atoms with van der Waals surface area (Å²) in [6, 6.07) is 13.5. The summed E-state index contributed by atoms with van der Waals surface area (Å²) >= 11 is 6.06. The molecule has 2 N–H and O–H groups in total. The van der Waals surface area contributed by atoms with E-state index in [9.17, 15) is 18.4 Å². The zero-order valence-electron chi connectivity index (χ0n) is 18.2. The van der Waals surface area contributed by atoms with Gasteiger partial charge in [-0.25, -0.2) is 8.78 Å². The van der Waals surface area contributed by atoms with Gasteiger partial charge in [-0.05, 0) is 35.9 Å². The fraction of sp³-hybridized carbons (Fsp3) is 0.200. The van der Waals surface area contributed by atoms with Crippen molar-refractivity contribution in [2.75, 3.05) is 25.6 Å². The Hall–Kier alpha value is -3.49. The van der Waals surface area contributed by atoms with Gasteiger partial charge in [0.25, 0.3) is 11.8 Å². The molecular formula is C25H21ClF2N2O4. The number of ether oxygens (including phenoxy) is 2. The van der Waals surface area contributed by atoms with Gasteiger partial charge in [-0.15, -0.1) is 0 Å². The maximum atomic E-state index is 14.5.